The fourth-order valence-electron chi connectivity index (χ4n) is 3.14. The Morgan fingerprint density at radius 1 is 1.04 bits per heavy atom. The van der Waals surface area contributed by atoms with Crippen molar-refractivity contribution in [1.29, 1.82) is 0 Å². The summed E-state index contributed by atoms with van der Waals surface area (Å²) in [7, 11) is 0. The molecule has 2 aromatic rings. The highest BCUT2D eigenvalue weighted by Crippen LogP contribution is 2.11. The number of ether oxygens (including phenoxy) is 1. The first-order chi connectivity index (χ1) is 13.7. The second kappa shape index (κ2) is 10.8. The third kappa shape index (κ3) is 6.62. The van der Waals surface area contributed by atoms with Crippen molar-refractivity contribution in [1.82, 2.24) is 15.5 Å². The molecule has 0 spiro atoms. The Labute approximate surface area is 166 Å². The number of nitrogens with one attached hydrogen (secondary N) is 2. The summed E-state index contributed by atoms with van der Waals surface area (Å²) < 4.78 is 18.4. The Morgan fingerprint density at radius 2 is 1.79 bits per heavy atom. The average Bonchev–Trinajstić information content (AvgIpc) is 2.72. The van der Waals surface area contributed by atoms with Gasteiger partial charge in [0, 0.05) is 32.7 Å². The van der Waals surface area contributed by atoms with Crippen LogP contribution < -0.4 is 10.6 Å². The molecule has 150 valence electrons. The van der Waals surface area contributed by atoms with Crippen LogP contribution in [0.3, 0.4) is 0 Å². The second-order valence-corrected chi connectivity index (χ2v) is 6.88. The summed E-state index contributed by atoms with van der Waals surface area (Å²) in [6, 6.07) is 15.1. The molecule has 6 heteroatoms. The summed E-state index contributed by atoms with van der Waals surface area (Å²) in [5.41, 5.74) is 3.50. The first-order valence-electron chi connectivity index (χ1n) is 9.87. The largest absolute Gasteiger partial charge is 0.379 e. The zero-order valence-corrected chi connectivity index (χ0v) is 16.5. The maximum atomic E-state index is 13.0. The van der Waals surface area contributed by atoms with Crippen LogP contribution in [0.2, 0.25) is 0 Å². The van der Waals surface area contributed by atoms with Gasteiger partial charge in [-0.25, -0.2) is 9.38 Å². The van der Waals surface area contributed by atoms with Crippen LogP contribution in [0.25, 0.3) is 0 Å². The quantitative estimate of drug-likeness (QED) is 0.569. The summed E-state index contributed by atoms with van der Waals surface area (Å²) in [5, 5.41) is 6.56. The third-order valence-electron chi connectivity index (χ3n) is 4.64. The van der Waals surface area contributed by atoms with Crippen LogP contribution in [0, 0.1) is 5.82 Å². The van der Waals surface area contributed by atoms with Gasteiger partial charge in [-0.3, -0.25) is 4.90 Å². The first kappa shape index (κ1) is 20.3. The molecular weight excluding hydrogens is 355 g/mol. The number of hydrogen-bond acceptors (Lipinski definition) is 3. The highest BCUT2D eigenvalue weighted by Gasteiger charge is 2.10. The van der Waals surface area contributed by atoms with Crippen LogP contribution in [0.1, 0.15) is 23.6 Å². The molecule has 1 fully saturated rings. The van der Waals surface area contributed by atoms with Gasteiger partial charge in [0.25, 0.3) is 0 Å². The number of hydrogen-bond donors (Lipinski definition) is 2. The van der Waals surface area contributed by atoms with Gasteiger partial charge in [0.2, 0.25) is 0 Å². The van der Waals surface area contributed by atoms with Crippen molar-refractivity contribution in [2.24, 2.45) is 4.99 Å². The molecule has 1 saturated heterocycles. The van der Waals surface area contributed by atoms with Crippen LogP contribution in [0.15, 0.2) is 53.5 Å². The van der Waals surface area contributed by atoms with Crippen LogP contribution in [-0.2, 0) is 24.4 Å². The fraction of sp³-hybridized carbons (Fsp3) is 0.409. The van der Waals surface area contributed by atoms with Crippen LogP contribution in [-0.4, -0.2) is 43.7 Å². The van der Waals surface area contributed by atoms with Crippen molar-refractivity contribution >= 4 is 5.96 Å². The van der Waals surface area contributed by atoms with E-state index < -0.39 is 0 Å². The van der Waals surface area contributed by atoms with Gasteiger partial charge in [-0.15, -0.1) is 0 Å². The molecular formula is C22H29FN4O. The lowest BCUT2D eigenvalue weighted by Gasteiger charge is -2.26. The summed E-state index contributed by atoms with van der Waals surface area (Å²) in [6.45, 7) is 8.58. The molecule has 28 heavy (non-hydrogen) atoms. The van der Waals surface area contributed by atoms with Gasteiger partial charge in [0.15, 0.2) is 5.96 Å². The fourth-order valence-corrected chi connectivity index (χ4v) is 3.14. The van der Waals surface area contributed by atoms with E-state index >= 15 is 0 Å². The first-order valence-corrected chi connectivity index (χ1v) is 9.87. The van der Waals surface area contributed by atoms with E-state index in [1.165, 1.54) is 23.3 Å². The van der Waals surface area contributed by atoms with Crippen LogP contribution in [0.4, 0.5) is 4.39 Å². The van der Waals surface area contributed by atoms with Gasteiger partial charge in [-0.1, -0.05) is 36.4 Å². The van der Waals surface area contributed by atoms with E-state index in [4.69, 9.17) is 9.73 Å². The summed E-state index contributed by atoms with van der Waals surface area (Å²) >= 11 is 0. The number of guanidine groups is 1. The molecule has 1 heterocycles. The highest BCUT2D eigenvalue weighted by atomic mass is 19.1. The number of nitrogens with zero attached hydrogens (tertiary/aromatic N) is 2. The van der Waals surface area contributed by atoms with Crippen molar-refractivity contribution in [3.63, 3.8) is 0 Å². The Bertz CT molecular complexity index is 757. The minimum Gasteiger partial charge on any atom is -0.379 e. The van der Waals surface area contributed by atoms with Gasteiger partial charge < -0.3 is 15.4 Å². The van der Waals surface area contributed by atoms with Gasteiger partial charge in [-0.05, 0) is 35.7 Å². The number of morpholine rings is 1. The Hall–Kier alpha value is -2.44. The molecule has 0 aromatic heterocycles. The van der Waals surface area contributed by atoms with Gasteiger partial charge >= 0.3 is 0 Å². The van der Waals surface area contributed by atoms with Gasteiger partial charge in [0.1, 0.15) is 5.82 Å². The second-order valence-electron chi connectivity index (χ2n) is 6.88. The SMILES string of the molecule is CCNC(=NCc1cccc(CN2CCOCC2)c1)NCc1ccc(F)cc1. The standard InChI is InChI=1S/C22H29FN4O/c1-2-24-22(25-15-18-6-8-21(23)9-7-18)26-16-19-4-3-5-20(14-19)17-27-10-12-28-13-11-27/h3-9,14H,2,10-13,15-17H2,1H3,(H2,24,25,26). The topological polar surface area (TPSA) is 48.9 Å². The molecule has 0 saturated carbocycles. The predicted octanol–water partition coefficient (Wildman–Crippen LogP) is 2.91. The van der Waals surface area contributed by atoms with Crippen molar-refractivity contribution < 1.29 is 9.13 Å². The molecule has 1 aliphatic rings. The third-order valence-corrected chi connectivity index (χ3v) is 4.64. The molecule has 0 aliphatic carbocycles. The normalized spacial score (nSPS) is 15.4. The Balaban J connectivity index is 1.57. The molecule has 0 atom stereocenters. The van der Waals surface area contributed by atoms with Gasteiger partial charge in [-0.2, -0.15) is 0 Å². The maximum Gasteiger partial charge on any atom is 0.191 e. The zero-order chi connectivity index (χ0) is 19.6. The summed E-state index contributed by atoms with van der Waals surface area (Å²) in [6.07, 6.45) is 0. The number of aliphatic imine (C=N–C) groups is 1. The van der Waals surface area contributed by atoms with E-state index in [2.05, 4.69) is 39.8 Å². The van der Waals surface area contributed by atoms with Gasteiger partial charge in [0.05, 0.1) is 19.8 Å². The lowest BCUT2D eigenvalue weighted by molar-refractivity contribution is 0.0342. The molecule has 2 N–H and O–H groups in total. The predicted molar refractivity (Wildman–Crippen MR) is 111 cm³/mol. The molecule has 2 aromatic carbocycles. The van der Waals surface area contributed by atoms with E-state index in [1.807, 2.05) is 6.92 Å². The van der Waals surface area contributed by atoms with Crippen molar-refractivity contribution in [3.8, 4) is 0 Å². The van der Waals surface area contributed by atoms with E-state index in [9.17, 15) is 4.39 Å². The zero-order valence-electron chi connectivity index (χ0n) is 16.5. The van der Waals surface area contributed by atoms with Crippen LogP contribution in [0.5, 0.6) is 0 Å². The van der Waals surface area contributed by atoms with Crippen molar-refractivity contribution in [2.45, 2.75) is 26.6 Å². The summed E-state index contributed by atoms with van der Waals surface area (Å²) in [4.78, 5) is 7.11. The lowest BCUT2D eigenvalue weighted by atomic mass is 10.1. The monoisotopic (exact) mass is 384 g/mol. The molecule has 0 radical (unpaired) electrons. The number of rotatable bonds is 7. The number of halogens is 1. The minimum absolute atomic E-state index is 0.221. The smallest absolute Gasteiger partial charge is 0.191 e. The Morgan fingerprint density at radius 3 is 2.54 bits per heavy atom. The summed E-state index contributed by atoms with van der Waals surface area (Å²) in [5.74, 6) is 0.534. The van der Waals surface area contributed by atoms with Crippen molar-refractivity contribution in [3.05, 3.63) is 71.0 Å². The molecule has 0 unspecified atom stereocenters. The molecule has 3 rings (SSSR count). The maximum absolute atomic E-state index is 13.0. The lowest BCUT2D eigenvalue weighted by Crippen LogP contribution is -2.36. The molecule has 0 amide bonds. The van der Waals surface area contributed by atoms with E-state index in [0.717, 1.165) is 50.9 Å². The molecule has 0 bridgehead atoms. The highest BCUT2D eigenvalue weighted by molar-refractivity contribution is 5.79. The average molecular weight is 384 g/mol. The molecule has 5 nitrogen and oxygen atoms in total. The van der Waals surface area contributed by atoms with E-state index in [0.29, 0.717) is 13.1 Å². The van der Waals surface area contributed by atoms with Crippen molar-refractivity contribution in [2.75, 3.05) is 32.8 Å². The minimum atomic E-state index is -0.221. The number of benzene rings is 2. The van der Waals surface area contributed by atoms with E-state index in [-0.39, 0.29) is 5.82 Å². The van der Waals surface area contributed by atoms with E-state index in [1.54, 1.807) is 12.1 Å². The molecule has 1 aliphatic heterocycles. The Kier molecular flexibility index (Phi) is 7.82. The van der Waals surface area contributed by atoms with Crippen LogP contribution >= 0.6 is 0 Å².